The molecule has 0 spiro atoms. The van der Waals surface area contributed by atoms with Gasteiger partial charge in [0.2, 0.25) is 5.91 Å². The highest BCUT2D eigenvalue weighted by Crippen LogP contribution is 2.16. The molecular weight excluding hydrogens is 891 g/mol. The van der Waals surface area contributed by atoms with E-state index in [0.717, 1.165) is 109 Å². The van der Waals surface area contributed by atoms with Crippen LogP contribution in [0.25, 0.3) is 0 Å². The molecule has 0 aromatic carbocycles. The van der Waals surface area contributed by atoms with Gasteiger partial charge in [0.1, 0.15) is 0 Å². The van der Waals surface area contributed by atoms with Crippen LogP contribution < -0.4 is 5.32 Å². The molecule has 0 aromatic rings. The molecule has 0 saturated carbocycles. The summed E-state index contributed by atoms with van der Waals surface area (Å²) in [7, 11) is 0. The highest BCUT2D eigenvalue weighted by molar-refractivity contribution is 5.76. The number of rotatable bonds is 53. The van der Waals surface area contributed by atoms with Gasteiger partial charge in [0.25, 0.3) is 0 Å². The number of aliphatic hydroxyl groups is 2. The van der Waals surface area contributed by atoms with E-state index < -0.39 is 12.1 Å². The van der Waals surface area contributed by atoms with E-state index in [0.29, 0.717) is 6.42 Å². The maximum Gasteiger partial charge on any atom is 0.220 e. The summed E-state index contributed by atoms with van der Waals surface area (Å²) in [4.78, 5) is 12.5. The van der Waals surface area contributed by atoms with Crippen LogP contribution in [0, 0.1) is 0 Å². The average molecular weight is 1000 g/mol. The summed E-state index contributed by atoms with van der Waals surface area (Å²) in [5, 5.41) is 23.2. The lowest BCUT2D eigenvalue weighted by Crippen LogP contribution is -2.45. The number of carbonyl (C=O) groups is 1. The lowest BCUT2D eigenvalue weighted by Gasteiger charge is -2.19. The number of allylic oxidation sites excluding steroid dienone is 25. The van der Waals surface area contributed by atoms with E-state index in [2.05, 4.69) is 165 Å². The first-order valence-electron chi connectivity index (χ1n) is 30.2. The molecular formula is C69H113NO3. The van der Waals surface area contributed by atoms with Crippen LogP contribution in [0.1, 0.15) is 251 Å². The highest BCUT2D eigenvalue weighted by atomic mass is 16.3. The van der Waals surface area contributed by atoms with Crippen LogP contribution in [-0.4, -0.2) is 34.9 Å². The van der Waals surface area contributed by atoms with Crippen LogP contribution in [0.3, 0.4) is 0 Å². The third kappa shape index (κ3) is 58.8. The number of hydrogen-bond donors (Lipinski definition) is 3. The fourth-order valence-corrected chi connectivity index (χ4v) is 8.22. The predicted molar refractivity (Wildman–Crippen MR) is 326 cm³/mol. The number of carbonyl (C=O) groups excluding carboxylic acids is 1. The number of unbranched alkanes of at least 4 members (excludes halogenated alkanes) is 22. The lowest BCUT2D eigenvalue weighted by molar-refractivity contribution is -0.123. The minimum absolute atomic E-state index is 0.111. The molecule has 73 heavy (non-hydrogen) atoms. The van der Waals surface area contributed by atoms with E-state index in [4.69, 9.17) is 0 Å². The third-order valence-corrected chi connectivity index (χ3v) is 12.8. The van der Waals surface area contributed by atoms with Crippen LogP contribution in [0.2, 0.25) is 0 Å². The van der Waals surface area contributed by atoms with Crippen molar-refractivity contribution in [3.05, 3.63) is 158 Å². The van der Waals surface area contributed by atoms with Crippen molar-refractivity contribution in [1.29, 1.82) is 0 Å². The molecule has 0 saturated heterocycles. The number of amides is 1. The largest absolute Gasteiger partial charge is 0.394 e. The van der Waals surface area contributed by atoms with Crippen molar-refractivity contribution in [1.82, 2.24) is 5.32 Å². The highest BCUT2D eigenvalue weighted by Gasteiger charge is 2.17. The molecule has 0 aliphatic carbocycles. The van der Waals surface area contributed by atoms with Gasteiger partial charge in [-0.25, -0.2) is 0 Å². The molecule has 3 N–H and O–H groups in total. The van der Waals surface area contributed by atoms with Gasteiger partial charge in [0, 0.05) is 6.42 Å². The molecule has 0 fully saturated rings. The Morgan fingerprint density at radius 2 is 0.603 bits per heavy atom. The minimum atomic E-state index is -0.870. The van der Waals surface area contributed by atoms with Crippen molar-refractivity contribution >= 4 is 5.91 Å². The smallest absolute Gasteiger partial charge is 0.220 e. The van der Waals surface area contributed by atoms with Gasteiger partial charge in [-0.3, -0.25) is 4.79 Å². The van der Waals surface area contributed by atoms with Crippen molar-refractivity contribution in [3.8, 4) is 0 Å². The Morgan fingerprint density at radius 1 is 0.342 bits per heavy atom. The second-order valence-electron chi connectivity index (χ2n) is 19.7. The summed E-state index contributed by atoms with van der Waals surface area (Å²) in [6, 6.07) is -0.659. The Balaban J connectivity index is 3.71. The summed E-state index contributed by atoms with van der Waals surface area (Å²) in [6.07, 6.45) is 99.8. The minimum Gasteiger partial charge on any atom is -0.394 e. The summed E-state index contributed by atoms with van der Waals surface area (Å²) in [5.74, 6) is -0.111. The zero-order chi connectivity index (χ0) is 52.7. The van der Waals surface area contributed by atoms with Gasteiger partial charge in [-0.2, -0.15) is 0 Å². The van der Waals surface area contributed by atoms with Gasteiger partial charge < -0.3 is 15.5 Å². The summed E-state index contributed by atoms with van der Waals surface area (Å²) in [6.45, 7) is 4.18. The first-order chi connectivity index (χ1) is 36.2. The van der Waals surface area contributed by atoms with Gasteiger partial charge in [-0.15, -0.1) is 0 Å². The maximum absolute atomic E-state index is 12.5. The topological polar surface area (TPSA) is 69.6 Å². The molecule has 0 rings (SSSR count). The normalized spacial score (nSPS) is 14.0. The molecule has 0 aliphatic heterocycles. The van der Waals surface area contributed by atoms with Gasteiger partial charge in [0.15, 0.2) is 0 Å². The lowest BCUT2D eigenvalue weighted by atomic mass is 10.0. The standard InChI is InChI=1S/C69H113NO3/c1-3-5-7-9-11-13-15-17-19-21-23-25-27-28-29-30-31-32-33-34-35-36-37-38-39-40-41-42-43-45-47-49-51-53-55-57-59-61-63-65-69(73)70-67(66-71)68(72)64-62-60-58-56-54-52-50-48-46-44-26-24-22-20-18-16-14-12-10-8-6-4-2/h5,7,11,13,17,19,23,25,28-29,31-32,34-35,37-38,40-41,43,45,49,51,55,57,62,64,67-68,71-72H,3-4,6,8-10,12,14-16,18,20-22,24,26-27,30,33,36,39,42,44,46-48,50,52-54,56,58-61,63,65-66H2,1-2H3,(H,70,73)/b7-5-,13-11-,19-17-,25-23-,29-28-,32-31-,35-34-,38-37-,41-40-,45-43-,51-49-,57-55-,64-62+. The zero-order valence-electron chi connectivity index (χ0n) is 47.3. The van der Waals surface area contributed by atoms with E-state index in [9.17, 15) is 15.0 Å². The van der Waals surface area contributed by atoms with Crippen LogP contribution in [0.5, 0.6) is 0 Å². The van der Waals surface area contributed by atoms with Crippen molar-refractivity contribution in [2.45, 2.75) is 264 Å². The van der Waals surface area contributed by atoms with Crippen LogP contribution in [0.15, 0.2) is 158 Å². The Morgan fingerprint density at radius 3 is 0.904 bits per heavy atom. The van der Waals surface area contributed by atoms with Crippen molar-refractivity contribution < 1.29 is 15.0 Å². The predicted octanol–water partition coefficient (Wildman–Crippen LogP) is 20.5. The van der Waals surface area contributed by atoms with Crippen molar-refractivity contribution in [2.75, 3.05) is 6.61 Å². The van der Waals surface area contributed by atoms with Crippen molar-refractivity contribution in [2.24, 2.45) is 0 Å². The first kappa shape index (κ1) is 69.0. The van der Waals surface area contributed by atoms with Gasteiger partial charge in [0.05, 0.1) is 18.8 Å². The molecule has 412 valence electrons. The number of hydrogen-bond acceptors (Lipinski definition) is 3. The summed E-state index contributed by atoms with van der Waals surface area (Å²) >= 11 is 0. The molecule has 0 bridgehead atoms. The van der Waals surface area contributed by atoms with E-state index in [1.165, 1.54) is 122 Å². The molecule has 1 amide bonds. The Bertz CT molecular complexity index is 1560. The molecule has 2 atom stereocenters. The van der Waals surface area contributed by atoms with E-state index >= 15 is 0 Å². The monoisotopic (exact) mass is 1000 g/mol. The SMILES string of the molecule is CC/C=C\C/C=C\C/C=C\C/C=C\C/C=C\C/C=C\C/C=C\C/C=C\C/C=C\C/C=C\C/C=C\C/C=C\CCCCC(=O)NC(CO)C(O)/C=C/CCCCCCCCCCCCCCCCCCCCCC. The number of aliphatic hydroxyl groups excluding tert-OH is 2. The fourth-order valence-electron chi connectivity index (χ4n) is 8.22. The van der Waals surface area contributed by atoms with E-state index in [1.807, 2.05) is 6.08 Å². The van der Waals surface area contributed by atoms with E-state index in [1.54, 1.807) is 6.08 Å². The first-order valence-corrected chi connectivity index (χ1v) is 30.2. The summed E-state index contributed by atoms with van der Waals surface area (Å²) < 4.78 is 0. The van der Waals surface area contributed by atoms with Gasteiger partial charge in [-0.05, 0) is 109 Å². The number of nitrogens with one attached hydrogen (secondary N) is 1. The molecule has 2 unspecified atom stereocenters. The molecule has 4 heteroatoms. The molecule has 0 aliphatic rings. The average Bonchev–Trinajstić information content (AvgIpc) is 3.40. The van der Waals surface area contributed by atoms with Crippen LogP contribution in [-0.2, 0) is 4.79 Å². The van der Waals surface area contributed by atoms with Crippen LogP contribution >= 0.6 is 0 Å². The fraction of sp³-hybridized carbons (Fsp3) is 0.609. The van der Waals surface area contributed by atoms with Crippen LogP contribution in [0.4, 0.5) is 0 Å². The third-order valence-electron chi connectivity index (χ3n) is 12.8. The quantitative estimate of drug-likeness (QED) is 0.0420. The second kappa shape index (κ2) is 62.3. The maximum atomic E-state index is 12.5. The Hall–Kier alpha value is -3.99. The molecule has 0 aromatic heterocycles. The second-order valence-corrected chi connectivity index (χ2v) is 19.7. The summed E-state index contributed by atoms with van der Waals surface area (Å²) in [5.41, 5.74) is 0. The van der Waals surface area contributed by atoms with Gasteiger partial charge >= 0.3 is 0 Å². The molecule has 4 nitrogen and oxygen atoms in total. The van der Waals surface area contributed by atoms with Crippen molar-refractivity contribution in [3.63, 3.8) is 0 Å². The zero-order valence-corrected chi connectivity index (χ0v) is 47.3. The van der Waals surface area contributed by atoms with E-state index in [-0.39, 0.29) is 12.5 Å². The molecule has 0 heterocycles. The Labute approximate surface area is 452 Å². The van der Waals surface area contributed by atoms with Gasteiger partial charge in [-0.1, -0.05) is 294 Å². The molecule has 0 radical (unpaired) electrons. The Kier molecular flexibility index (Phi) is 58.9.